The van der Waals surface area contributed by atoms with Gasteiger partial charge in [0, 0.05) is 35.9 Å². The summed E-state index contributed by atoms with van der Waals surface area (Å²) in [6.07, 6.45) is 1.66. The molecule has 84 valence electrons. The van der Waals surface area contributed by atoms with Gasteiger partial charge < -0.3 is 11.1 Å². The molecular weight excluding hydrogens is 205 g/mol. The number of nitrogens with one attached hydrogen (secondary N) is 1. The lowest BCUT2D eigenvalue weighted by atomic mass is 10.1. The summed E-state index contributed by atoms with van der Waals surface area (Å²) in [5.41, 5.74) is 7.13. The van der Waals surface area contributed by atoms with Gasteiger partial charge in [0.2, 0.25) is 0 Å². The highest BCUT2D eigenvalue weighted by Crippen LogP contribution is 2.22. The second-order valence-corrected chi connectivity index (χ2v) is 3.80. The fourth-order valence-corrected chi connectivity index (χ4v) is 1.57. The smallest absolute Gasteiger partial charge is 0.125 e. The van der Waals surface area contributed by atoms with Gasteiger partial charge in [-0.2, -0.15) is 0 Å². The van der Waals surface area contributed by atoms with Gasteiger partial charge in [-0.3, -0.25) is 4.98 Å². The van der Waals surface area contributed by atoms with Crippen LogP contribution in [0.3, 0.4) is 0 Å². The van der Waals surface area contributed by atoms with E-state index in [0.717, 1.165) is 11.1 Å². The van der Waals surface area contributed by atoms with Crippen LogP contribution in [0.5, 0.6) is 0 Å². The van der Waals surface area contributed by atoms with E-state index >= 15 is 0 Å². The second kappa shape index (κ2) is 4.45. The molecule has 0 saturated carbocycles. The molecule has 0 bridgehead atoms. The summed E-state index contributed by atoms with van der Waals surface area (Å²) in [7, 11) is 0. The molecule has 16 heavy (non-hydrogen) atoms. The van der Waals surface area contributed by atoms with Crippen LogP contribution in [0, 0.1) is 5.82 Å². The average Bonchev–Trinajstić information content (AvgIpc) is 2.28. The lowest BCUT2D eigenvalue weighted by Crippen LogP contribution is -2.25. The number of nitrogens with zero attached hydrogens (tertiary/aromatic N) is 1. The predicted molar refractivity (Wildman–Crippen MR) is 63.8 cm³/mol. The molecule has 0 amide bonds. The van der Waals surface area contributed by atoms with Crippen LogP contribution in [-0.2, 0) is 0 Å². The van der Waals surface area contributed by atoms with Crippen molar-refractivity contribution in [2.45, 2.75) is 13.0 Å². The van der Waals surface area contributed by atoms with Gasteiger partial charge in [0.15, 0.2) is 0 Å². The van der Waals surface area contributed by atoms with Crippen LogP contribution in [0.25, 0.3) is 10.9 Å². The molecule has 2 rings (SSSR count). The monoisotopic (exact) mass is 219 g/mol. The minimum atomic E-state index is -0.274. The van der Waals surface area contributed by atoms with E-state index in [-0.39, 0.29) is 11.9 Å². The standard InChI is InChI=1S/C12H14FN3/c1-8(7-14)16-11-4-5-15-12-6-9(13)2-3-10(11)12/h2-6,8H,7,14H2,1H3,(H,15,16). The number of hydrogen-bond acceptors (Lipinski definition) is 3. The zero-order valence-corrected chi connectivity index (χ0v) is 9.07. The zero-order valence-electron chi connectivity index (χ0n) is 9.07. The van der Waals surface area contributed by atoms with Crippen molar-refractivity contribution < 1.29 is 4.39 Å². The van der Waals surface area contributed by atoms with E-state index in [1.165, 1.54) is 12.1 Å². The van der Waals surface area contributed by atoms with Crippen LogP contribution < -0.4 is 11.1 Å². The Hall–Kier alpha value is -1.68. The van der Waals surface area contributed by atoms with Gasteiger partial charge in [-0.05, 0) is 25.1 Å². The zero-order chi connectivity index (χ0) is 11.5. The lowest BCUT2D eigenvalue weighted by Gasteiger charge is -2.14. The third-order valence-electron chi connectivity index (χ3n) is 2.46. The third kappa shape index (κ3) is 2.12. The quantitative estimate of drug-likeness (QED) is 0.831. The molecule has 1 aromatic carbocycles. The first-order valence-electron chi connectivity index (χ1n) is 5.21. The van der Waals surface area contributed by atoms with E-state index < -0.39 is 0 Å². The first kappa shape index (κ1) is 10.8. The number of rotatable bonds is 3. The third-order valence-corrected chi connectivity index (χ3v) is 2.46. The van der Waals surface area contributed by atoms with E-state index in [4.69, 9.17) is 5.73 Å². The first-order valence-corrected chi connectivity index (χ1v) is 5.21. The minimum absolute atomic E-state index is 0.177. The number of benzene rings is 1. The highest BCUT2D eigenvalue weighted by atomic mass is 19.1. The maximum Gasteiger partial charge on any atom is 0.125 e. The summed E-state index contributed by atoms with van der Waals surface area (Å²) in [4.78, 5) is 4.12. The molecule has 0 fully saturated rings. The highest BCUT2D eigenvalue weighted by molar-refractivity contribution is 5.91. The maximum absolute atomic E-state index is 13.0. The Morgan fingerprint density at radius 3 is 3.00 bits per heavy atom. The molecule has 1 atom stereocenters. The summed E-state index contributed by atoms with van der Waals surface area (Å²) in [5, 5.41) is 4.17. The molecule has 0 spiro atoms. The number of anilines is 1. The Labute approximate surface area is 93.5 Å². The van der Waals surface area contributed by atoms with Crippen LogP contribution in [-0.4, -0.2) is 17.6 Å². The SMILES string of the molecule is CC(CN)Nc1ccnc2cc(F)ccc12. The van der Waals surface area contributed by atoms with Gasteiger partial charge in [-0.15, -0.1) is 0 Å². The normalized spacial score (nSPS) is 12.7. The number of nitrogens with two attached hydrogens (primary N) is 1. The number of fused-ring (bicyclic) bond motifs is 1. The highest BCUT2D eigenvalue weighted by Gasteiger charge is 2.05. The van der Waals surface area contributed by atoms with Crippen molar-refractivity contribution >= 4 is 16.6 Å². The van der Waals surface area contributed by atoms with Crippen molar-refractivity contribution in [3.63, 3.8) is 0 Å². The van der Waals surface area contributed by atoms with E-state index in [0.29, 0.717) is 12.1 Å². The topological polar surface area (TPSA) is 50.9 Å². The summed E-state index contributed by atoms with van der Waals surface area (Å²) in [6, 6.07) is 6.63. The van der Waals surface area contributed by atoms with Crippen LogP contribution in [0.15, 0.2) is 30.5 Å². The van der Waals surface area contributed by atoms with Gasteiger partial charge in [0.1, 0.15) is 5.82 Å². The van der Waals surface area contributed by atoms with E-state index in [9.17, 15) is 4.39 Å². The molecule has 0 aliphatic heterocycles. The number of halogens is 1. The average molecular weight is 219 g/mol. The van der Waals surface area contributed by atoms with Crippen molar-refractivity contribution in [2.24, 2.45) is 5.73 Å². The molecule has 0 saturated heterocycles. The van der Waals surface area contributed by atoms with Crippen molar-refractivity contribution in [3.8, 4) is 0 Å². The van der Waals surface area contributed by atoms with Gasteiger partial charge in [0.25, 0.3) is 0 Å². The molecule has 1 aromatic heterocycles. The number of hydrogen-bond donors (Lipinski definition) is 2. The number of aromatic nitrogens is 1. The van der Waals surface area contributed by atoms with Gasteiger partial charge in [0.05, 0.1) is 5.52 Å². The van der Waals surface area contributed by atoms with Gasteiger partial charge in [-0.25, -0.2) is 4.39 Å². The molecule has 3 nitrogen and oxygen atoms in total. The fraction of sp³-hybridized carbons (Fsp3) is 0.250. The molecular formula is C12H14FN3. The number of pyridine rings is 1. The summed E-state index contributed by atoms with van der Waals surface area (Å²) < 4.78 is 13.0. The van der Waals surface area contributed by atoms with E-state index in [2.05, 4.69) is 10.3 Å². The van der Waals surface area contributed by atoms with Gasteiger partial charge in [-0.1, -0.05) is 0 Å². The van der Waals surface area contributed by atoms with Crippen molar-refractivity contribution in [1.82, 2.24) is 4.98 Å². The van der Waals surface area contributed by atoms with Gasteiger partial charge >= 0.3 is 0 Å². The Balaban J connectivity index is 2.45. The Kier molecular flexibility index (Phi) is 3.01. The summed E-state index contributed by atoms with van der Waals surface area (Å²) >= 11 is 0. The Morgan fingerprint density at radius 2 is 2.25 bits per heavy atom. The summed E-state index contributed by atoms with van der Waals surface area (Å²) in [6.45, 7) is 2.54. The molecule has 1 unspecified atom stereocenters. The Bertz CT molecular complexity index is 499. The van der Waals surface area contributed by atoms with E-state index in [1.54, 1.807) is 12.3 Å². The second-order valence-electron chi connectivity index (χ2n) is 3.80. The largest absolute Gasteiger partial charge is 0.381 e. The van der Waals surface area contributed by atoms with Crippen molar-refractivity contribution in [3.05, 3.63) is 36.3 Å². The molecule has 4 heteroatoms. The predicted octanol–water partition coefficient (Wildman–Crippen LogP) is 2.13. The molecule has 3 N–H and O–H groups in total. The Morgan fingerprint density at radius 1 is 1.44 bits per heavy atom. The molecule has 1 heterocycles. The minimum Gasteiger partial charge on any atom is -0.381 e. The van der Waals surface area contributed by atoms with Crippen molar-refractivity contribution in [2.75, 3.05) is 11.9 Å². The van der Waals surface area contributed by atoms with E-state index in [1.807, 2.05) is 13.0 Å². The van der Waals surface area contributed by atoms with Crippen molar-refractivity contribution in [1.29, 1.82) is 0 Å². The molecule has 0 aliphatic rings. The van der Waals surface area contributed by atoms with Crippen LogP contribution in [0.2, 0.25) is 0 Å². The molecule has 2 aromatic rings. The summed E-state index contributed by atoms with van der Waals surface area (Å²) in [5.74, 6) is -0.274. The first-order chi connectivity index (χ1) is 7.70. The molecule has 0 aliphatic carbocycles. The maximum atomic E-state index is 13.0. The lowest BCUT2D eigenvalue weighted by molar-refractivity contribution is 0.629. The van der Waals surface area contributed by atoms with Crippen LogP contribution in [0.1, 0.15) is 6.92 Å². The molecule has 0 radical (unpaired) electrons. The fourth-order valence-electron chi connectivity index (χ4n) is 1.57. The van der Waals surface area contributed by atoms with Crippen LogP contribution in [0.4, 0.5) is 10.1 Å². The van der Waals surface area contributed by atoms with Crippen LogP contribution >= 0.6 is 0 Å².